The van der Waals surface area contributed by atoms with Crippen LogP contribution in [0.4, 0.5) is 0 Å². The van der Waals surface area contributed by atoms with Crippen LogP contribution in [0.2, 0.25) is 5.02 Å². The van der Waals surface area contributed by atoms with E-state index >= 15 is 0 Å². The highest BCUT2D eigenvalue weighted by Gasteiger charge is 2.23. The first kappa shape index (κ1) is 32.8. The maximum absolute atomic E-state index is 13.5. The first-order chi connectivity index (χ1) is 20.1. The molecule has 9 heteroatoms. The third kappa shape index (κ3) is 9.98. The monoisotopic (exact) mass is 593 g/mol. The molecule has 0 heterocycles. The van der Waals surface area contributed by atoms with Crippen LogP contribution < -0.4 is 5.73 Å². The Balaban J connectivity index is 1.83. The molecule has 0 saturated heterocycles. The van der Waals surface area contributed by atoms with Crippen LogP contribution in [0.1, 0.15) is 57.7 Å². The van der Waals surface area contributed by atoms with Crippen molar-refractivity contribution in [3.05, 3.63) is 106 Å². The summed E-state index contributed by atoms with van der Waals surface area (Å²) >= 11 is 6.09. The number of amides is 1. The van der Waals surface area contributed by atoms with Crippen molar-refractivity contribution in [2.24, 2.45) is 11.7 Å². The first-order valence-electron chi connectivity index (χ1n) is 13.9. The van der Waals surface area contributed by atoms with Gasteiger partial charge in [-0.25, -0.2) is 9.59 Å². The molecule has 0 aliphatic rings. The van der Waals surface area contributed by atoms with Crippen LogP contribution in [0.3, 0.4) is 0 Å². The van der Waals surface area contributed by atoms with Crippen molar-refractivity contribution in [1.29, 1.82) is 0 Å². The van der Waals surface area contributed by atoms with E-state index in [1.807, 2.05) is 53.4 Å². The van der Waals surface area contributed by atoms with E-state index in [9.17, 15) is 14.4 Å². The number of rotatable bonds is 14. The number of ether oxygens (including phenoxy) is 2. The fraction of sp³-hybridized carbons (Fsp3) is 0.364. The zero-order chi connectivity index (χ0) is 30.6. The first-order valence-corrected chi connectivity index (χ1v) is 14.3. The Morgan fingerprint density at radius 1 is 0.714 bits per heavy atom. The SMILES string of the molecule is COC(=O)c1ccc(CN(CCN(Cc2ccc(Cl)cc2)C(=O)[C@@H](N)CC(C)C)Cc2ccc(C(=O)OC)cc2)cc1. The summed E-state index contributed by atoms with van der Waals surface area (Å²) in [5, 5.41) is 0.635. The predicted molar refractivity (Wildman–Crippen MR) is 164 cm³/mol. The van der Waals surface area contributed by atoms with Gasteiger partial charge in [-0.2, -0.15) is 0 Å². The molecule has 0 fully saturated rings. The summed E-state index contributed by atoms with van der Waals surface area (Å²) in [6, 6.07) is 21.4. The highest BCUT2D eigenvalue weighted by Crippen LogP contribution is 2.17. The summed E-state index contributed by atoms with van der Waals surface area (Å²) in [5.74, 6) is -0.585. The van der Waals surface area contributed by atoms with E-state index in [0.29, 0.717) is 61.2 Å². The Bertz CT molecular complexity index is 1250. The molecule has 1 amide bonds. The average Bonchev–Trinajstić information content (AvgIpc) is 2.99. The Labute approximate surface area is 253 Å². The minimum atomic E-state index is -0.595. The summed E-state index contributed by atoms with van der Waals surface area (Å²) in [7, 11) is 2.71. The predicted octanol–water partition coefficient (Wildman–Crippen LogP) is 5.32. The molecule has 0 aromatic heterocycles. The topological polar surface area (TPSA) is 102 Å². The van der Waals surface area contributed by atoms with Crippen molar-refractivity contribution in [2.75, 3.05) is 27.3 Å². The highest BCUT2D eigenvalue weighted by molar-refractivity contribution is 6.30. The van der Waals surface area contributed by atoms with Gasteiger partial charge in [0.25, 0.3) is 0 Å². The molecule has 0 unspecified atom stereocenters. The number of hydrogen-bond acceptors (Lipinski definition) is 7. The van der Waals surface area contributed by atoms with Crippen LogP contribution in [0.25, 0.3) is 0 Å². The molecule has 2 N–H and O–H groups in total. The Morgan fingerprint density at radius 3 is 1.57 bits per heavy atom. The number of carbonyl (C=O) groups excluding carboxylic acids is 3. The number of benzene rings is 3. The van der Waals surface area contributed by atoms with Gasteiger partial charge in [-0.3, -0.25) is 9.69 Å². The van der Waals surface area contributed by atoms with Gasteiger partial charge < -0.3 is 20.1 Å². The molecule has 42 heavy (non-hydrogen) atoms. The van der Waals surface area contributed by atoms with Crippen LogP contribution in [0.5, 0.6) is 0 Å². The molecule has 8 nitrogen and oxygen atoms in total. The summed E-state index contributed by atoms with van der Waals surface area (Å²) in [6.45, 7) is 6.67. The summed E-state index contributed by atoms with van der Waals surface area (Å²) in [5.41, 5.74) is 10.3. The number of esters is 2. The molecule has 3 aromatic rings. The standard InChI is InChI=1S/C33H40ClN3O5/c1-23(2)19-30(35)31(38)37(22-26-9-15-29(34)16-10-26)18-17-36(20-24-5-11-27(12-6-24)32(39)41-3)21-25-7-13-28(14-8-25)33(40)42-4/h5-16,23,30H,17-22,35H2,1-4H3/t30-/m0/s1. The summed E-state index contributed by atoms with van der Waals surface area (Å²) in [4.78, 5) is 41.3. The number of halogens is 1. The Hall–Kier alpha value is -3.72. The molecule has 0 aliphatic carbocycles. The van der Waals surface area contributed by atoms with Gasteiger partial charge in [-0.1, -0.05) is 61.8 Å². The highest BCUT2D eigenvalue weighted by atomic mass is 35.5. The molecule has 0 bridgehead atoms. The van der Waals surface area contributed by atoms with Crippen LogP contribution in [-0.2, 0) is 33.9 Å². The lowest BCUT2D eigenvalue weighted by Gasteiger charge is -2.30. The molecule has 3 rings (SSSR count). The second-order valence-electron chi connectivity index (χ2n) is 10.7. The number of nitrogens with two attached hydrogens (primary N) is 1. The molecule has 0 aliphatic heterocycles. The zero-order valence-electron chi connectivity index (χ0n) is 24.7. The van der Waals surface area contributed by atoms with Crippen molar-refractivity contribution in [3.63, 3.8) is 0 Å². The lowest BCUT2D eigenvalue weighted by Crippen LogP contribution is -2.46. The van der Waals surface area contributed by atoms with Crippen molar-refractivity contribution < 1.29 is 23.9 Å². The normalized spacial score (nSPS) is 11.8. The van der Waals surface area contributed by atoms with Crippen LogP contribution in [0, 0.1) is 5.92 Å². The van der Waals surface area contributed by atoms with E-state index in [4.69, 9.17) is 26.8 Å². The van der Waals surface area contributed by atoms with E-state index in [0.717, 1.165) is 16.7 Å². The van der Waals surface area contributed by atoms with Gasteiger partial charge in [-0.05, 0) is 65.4 Å². The fourth-order valence-corrected chi connectivity index (χ4v) is 4.77. The summed E-state index contributed by atoms with van der Waals surface area (Å²) in [6.07, 6.45) is 0.596. The van der Waals surface area contributed by atoms with Gasteiger partial charge in [0.1, 0.15) is 0 Å². The van der Waals surface area contributed by atoms with Crippen molar-refractivity contribution in [3.8, 4) is 0 Å². The Morgan fingerprint density at radius 2 is 1.14 bits per heavy atom. The Kier molecular flexibility index (Phi) is 12.5. The molecule has 3 aromatic carbocycles. The van der Waals surface area contributed by atoms with Crippen molar-refractivity contribution in [1.82, 2.24) is 9.80 Å². The van der Waals surface area contributed by atoms with Crippen LogP contribution in [0.15, 0.2) is 72.8 Å². The second kappa shape index (κ2) is 16.1. The molecular weight excluding hydrogens is 554 g/mol. The minimum Gasteiger partial charge on any atom is -0.465 e. The number of carbonyl (C=O) groups is 3. The molecular formula is C33H40ClN3O5. The van der Waals surface area contributed by atoms with Gasteiger partial charge in [0.2, 0.25) is 5.91 Å². The van der Waals surface area contributed by atoms with E-state index in [1.165, 1.54) is 14.2 Å². The third-order valence-electron chi connectivity index (χ3n) is 6.89. The van der Waals surface area contributed by atoms with Crippen molar-refractivity contribution in [2.45, 2.75) is 45.9 Å². The van der Waals surface area contributed by atoms with E-state index in [2.05, 4.69) is 18.7 Å². The molecule has 224 valence electrons. The molecule has 0 radical (unpaired) electrons. The average molecular weight is 594 g/mol. The maximum atomic E-state index is 13.5. The van der Waals surface area contributed by atoms with Gasteiger partial charge in [0.15, 0.2) is 0 Å². The lowest BCUT2D eigenvalue weighted by atomic mass is 10.0. The van der Waals surface area contributed by atoms with E-state index in [-0.39, 0.29) is 5.91 Å². The van der Waals surface area contributed by atoms with E-state index < -0.39 is 18.0 Å². The fourth-order valence-electron chi connectivity index (χ4n) is 4.64. The maximum Gasteiger partial charge on any atom is 0.337 e. The lowest BCUT2D eigenvalue weighted by molar-refractivity contribution is -0.133. The number of hydrogen-bond donors (Lipinski definition) is 1. The zero-order valence-corrected chi connectivity index (χ0v) is 25.5. The van der Waals surface area contributed by atoms with E-state index in [1.54, 1.807) is 24.3 Å². The van der Waals surface area contributed by atoms with Gasteiger partial charge in [0, 0.05) is 37.7 Å². The second-order valence-corrected chi connectivity index (χ2v) is 11.1. The van der Waals surface area contributed by atoms with Crippen molar-refractivity contribution >= 4 is 29.4 Å². The van der Waals surface area contributed by atoms with Gasteiger partial charge >= 0.3 is 11.9 Å². The summed E-state index contributed by atoms with van der Waals surface area (Å²) < 4.78 is 9.64. The molecule has 1 atom stereocenters. The van der Waals surface area contributed by atoms with Gasteiger partial charge in [0.05, 0.1) is 31.4 Å². The van der Waals surface area contributed by atoms with Crippen LogP contribution in [-0.4, -0.2) is 61.0 Å². The van der Waals surface area contributed by atoms with Crippen LogP contribution >= 0.6 is 11.6 Å². The molecule has 0 spiro atoms. The number of methoxy groups -OCH3 is 2. The smallest absolute Gasteiger partial charge is 0.337 e. The van der Waals surface area contributed by atoms with Gasteiger partial charge in [-0.15, -0.1) is 0 Å². The largest absolute Gasteiger partial charge is 0.465 e. The third-order valence-corrected chi connectivity index (χ3v) is 7.14. The molecule has 0 saturated carbocycles. The minimum absolute atomic E-state index is 0.0940. The number of nitrogens with zero attached hydrogens (tertiary/aromatic N) is 2. The quantitative estimate of drug-likeness (QED) is 0.252.